The van der Waals surface area contributed by atoms with Crippen molar-refractivity contribution in [2.45, 2.75) is 25.9 Å². The number of amides is 1. The molecule has 1 unspecified atom stereocenters. The highest BCUT2D eigenvalue weighted by molar-refractivity contribution is 5.80. The van der Waals surface area contributed by atoms with Gasteiger partial charge in [0.1, 0.15) is 11.5 Å². The molecule has 0 fully saturated rings. The third kappa shape index (κ3) is 5.66. The molecule has 0 radical (unpaired) electrons. The maximum absolute atomic E-state index is 12.0. The molecule has 2 rings (SSSR count). The van der Waals surface area contributed by atoms with Crippen molar-refractivity contribution in [1.82, 2.24) is 5.32 Å². The fourth-order valence-electron chi connectivity index (χ4n) is 2.20. The average Bonchev–Trinajstić information content (AvgIpc) is 2.60. The van der Waals surface area contributed by atoms with Gasteiger partial charge >= 0.3 is 0 Å². The molecule has 0 saturated carbocycles. The molecule has 1 N–H and O–H groups in total. The minimum absolute atomic E-state index is 0.0939. The second-order valence-electron chi connectivity index (χ2n) is 5.32. The van der Waals surface area contributed by atoms with E-state index in [1.54, 1.807) is 14.0 Å². The first-order valence-electron chi connectivity index (χ1n) is 7.81. The smallest absolute Gasteiger partial charge is 0.260 e. The summed E-state index contributed by atoms with van der Waals surface area (Å²) in [5.74, 6) is 1.46. The molecule has 4 heteroatoms. The monoisotopic (exact) mass is 313 g/mol. The number of hydrogen-bond acceptors (Lipinski definition) is 3. The van der Waals surface area contributed by atoms with Gasteiger partial charge in [0.2, 0.25) is 0 Å². The average molecular weight is 313 g/mol. The summed E-state index contributed by atoms with van der Waals surface area (Å²) in [5.41, 5.74) is 1.23. The fourth-order valence-corrected chi connectivity index (χ4v) is 2.20. The molecule has 0 saturated heterocycles. The molecule has 2 aromatic carbocycles. The van der Waals surface area contributed by atoms with Gasteiger partial charge in [-0.25, -0.2) is 0 Å². The van der Waals surface area contributed by atoms with E-state index >= 15 is 0 Å². The molecule has 0 bridgehead atoms. The van der Waals surface area contributed by atoms with Crippen molar-refractivity contribution in [2.24, 2.45) is 0 Å². The number of carbonyl (C=O) groups excluding carboxylic acids is 1. The van der Waals surface area contributed by atoms with Gasteiger partial charge < -0.3 is 14.8 Å². The summed E-state index contributed by atoms with van der Waals surface area (Å²) in [5, 5.41) is 2.91. The highest BCUT2D eigenvalue weighted by Gasteiger charge is 2.13. The molecule has 0 heterocycles. The van der Waals surface area contributed by atoms with Gasteiger partial charge in [-0.15, -0.1) is 0 Å². The second-order valence-corrected chi connectivity index (χ2v) is 5.32. The quantitative estimate of drug-likeness (QED) is 0.761. The molecular formula is C19H23NO3. The van der Waals surface area contributed by atoms with E-state index in [-0.39, 0.29) is 5.91 Å². The van der Waals surface area contributed by atoms with Gasteiger partial charge in [0.25, 0.3) is 5.91 Å². The van der Waals surface area contributed by atoms with Crippen molar-refractivity contribution in [2.75, 3.05) is 13.7 Å². The van der Waals surface area contributed by atoms with Gasteiger partial charge in [0.05, 0.1) is 7.11 Å². The Hall–Kier alpha value is -2.49. The summed E-state index contributed by atoms with van der Waals surface area (Å²) in [6, 6.07) is 17.3. The Balaban J connectivity index is 1.67. The molecule has 0 aliphatic carbocycles. The Morgan fingerprint density at radius 3 is 2.39 bits per heavy atom. The molecule has 122 valence electrons. The number of ether oxygens (including phenoxy) is 2. The Morgan fingerprint density at radius 1 is 1.04 bits per heavy atom. The minimum Gasteiger partial charge on any atom is -0.497 e. The van der Waals surface area contributed by atoms with Crippen LogP contribution in [0.15, 0.2) is 54.6 Å². The Labute approximate surface area is 137 Å². The van der Waals surface area contributed by atoms with E-state index in [1.807, 2.05) is 54.6 Å². The van der Waals surface area contributed by atoms with Crippen LogP contribution in [-0.2, 0) is 11.2 Å². The van der Waals surface area contributed by atoms with Crippen LogP contribution in [0.2, 0.25) is 0 Å². The lowest BCUT2D eigenvalue weighted by Crippen LogP contribution is -2.36. The van der Waals surface area contributed by atoms with Gasteiger partial charge in [-0.1, -0.05) is 30.3 Å². The van der Waals surface area contributed by atoms with Crippen molar-refractivity contribution < 1.29 is 14.3 Å². The summed E-state index contributed by atoms with van der Waals surface area (Å²) in [7, 11) is 1.66. The molecule has 2 aromatic rings. The molecule has 1 atom stereocenters. The number of carbonyl (C=O) groups is 1. The van der Waals surface area contributed by atoms with E-state index in [4.69, 9.17) is 9.47 Å². The van der Waals surface area contributed by atoms with Gasteiger partial charge in [-0.05, 0) is 49.6 Å². The van der Waals surface area contributed by atoms with E-state index in [0.29, 0.717) is 12.3 Å². The molecule has 1 amide bonds. The SMILES string of the molecule is COc1ccc(CCCNC(=O)C(C)Oc2ccccc2)cc1. The minimum atomic E-state index is -0.501. The first-order chi connectivity index (χ1) is 11.2. The number of nitrogens with one attached hydrogen (secondary N) is 1. The summed E-state index contributed by atoms with van der Waals surface area (Å²) < 4.78 is 10.7. The topological polar surface area (TPSA) is 47.6 Å². The van der Waals surface area contributed by atoms with E-state index in [0.717, 1.165) is 18.6 Å². The second kappa shape index (κ2) is 8.83. The Kier molecular flexibility index (Phi) is 6.48. The van der Waals surface area contributed by atoms with Gasteiger partial charge in [-0.2, -0.15) is 0 Å². The predicted molar refractivity (Wildman–Crippen MR) is 90.9 cm³/mol. The van der Waals surface area contributed by atoms with Gasteiger partial charge in [-0.3, -0.25) is 4.79 Å². The van der Waals surface area contributed by atoms with Crippen molar-refractivity contribution in [1.29, 1.82) is 0 Å². The highest BCUT2D eigenvalue weighted by atomic mass is 16.5. The van der Waals surface area contributed by atoms with Crippen LogP contribution in [0.4, 0.5) is 0 Å². The summed E-state index contributed by atoms with van der Waals surface area (Å²) in [6.45, 7) is 2.39. The number of hydrogen-bond donors (Lipinski definition) is 1. The molecule has 23 heavy (non-hydrogen) atoms. The van der Waals surface area contributed by atoms with Crippen LogP contribution in [0, 0.1) is 0 Å². The van der Waals surface area contributed by atoms with E-state index in [9.17, 15) is 4.79 Å². The first kappa shape index (κ1) is 16.9. The van der Waals surface area contributed by atoms with Crippen LogP contribution in [-0.4, -0.2) is 25.7 Å². The van der Waals surface area contributed by atoms with Crippen LogP contribution in [0.25, 0.3) is 0 Å². The van der Waals surface area contributed by atoms with Crippen LogP contribution in [0.3, 0.4) is 0 Å². The van der Waals surface area contributed by atoms with Crippen molar-refractivity contribution in [3.05, 3.63) is 60.2 Å². The van der Waals surface area contributed by atoms with E-state index < -0.39 is 6.10 Å². The van der Waals surface area contributed by atoms with E-state index in [2.05, 4.69) is 5.32 Å². The van der Waals surface area contributed by atoms with E-state index in [1.165, 1.54) is 5.56 Å². The third-order valence-electron chi connectivity index (χ3n) is 3.53. The summed E-state index contributed by atoms with van der Waals surface area (Å²) in [6.07, 6.45) is 1.30. The molecule has 0 spiro atoms. The fraction of sp³-hybridized carbons (Fsp3) is 0.316. The molecule has 0 aliphatic heterocycles. The zero-order chi connectivity index (χ0) is 16.5. The maximum atomic E-state index is 12.0. The van der Waals surface area contributed by atoms with Crippen LogP contribution in [0.1, 0.15) is 18.9 Å². The molecule has 4 nitrogen and oxygen atoms in total. The Bertz CT molecular complexity index is 596. The number of aryl methyl sites for hydroxylation is 1. The largest absolute Gasteiger partial charge is 0.497 e. The standard InChI is InChI=1S/C19H23NO3/c1-15(23-18-8-4-3-5-9-18)19(21)20-14-6-7-16-10-12-17(22-2)13-11-16/h3-5,8-13,15H,6-7,14H2,1-2H3,(H,20,21). The van der Waals surface area contributed by atoms with Crippen LogP contribution < -0.4 is 14.8 Å². The maximum Gasteiger partial charge on any atom is 0.260 e. The van der Waals surface area contributed by atoms with Crippen LogP contribution >= 0.6 is 0 Å². The summed E-state index contributed by atoms with van der Waals surface area (Å²) >= 11 is 0. The third-order valence-corrected chi connectivity index (χ3v) is 3.53. The number of methoxy groups -OCH3 is 1. The zero-order valence-corrected chi connectivity index (χ0v) is 13.6. The number of para-hydroxylation sites is 1. The van der Waals surface area contributed by atoms with Crippen LogP contribution in [0.5, 0.6) is 11.5 Å². The number of benzene rings is 2. The lowest BCUT2D eigenvalue weighted by atomic mass is 10.1. The summed E-state index contributed by atoms with van der Waals surface area (Å²) in [4.78, 5) is 12.0. The lowest BCUT2D eigenvalue weighted by molar-refractivity contribution is -0.127. The lowest BCUT2D eigenvalue weighted by Gasteiger charge is -2.14. The zero-order valence-electron chi connectivity index (χ0n) is 13.6. The number of rotatable bonds is 8. The first-order valence-corrected chi connectivity index (χ1v) is 7.81. The van der Waals surface area contributed by atoms with Crippen molar-refractivity contribution in [3.8, 4) is 11.5 Å². The normalized spacial score (nSPS) is 11.6. The van der Waals surface area contributed by atoms with Crippen molar-refractivity contribution >= 4 is 5.91 Å². The van der Waals surface area contributed by atoms with Crippen molar-refractivity contribution in [3.63, 3.8) is 0 Å². The molecule has 0 aliphatic rings. The Morgan fingerprint density at radius 2 is 1.74 bits per heavy atom. The molecular weight excluding hydrogens is 290 g/mol. The highest BCUT2D eigenvalue weighted by Crippen LogP contribution is 2.13. The van der Waals surface area contributed by atoms with Gasteiger partial charge in [0, 0.05) is 6.54 Å². The molecule has 0 aromatic heterocycles. The van der Waals surface area contributed by atoms with Gasteiger partial charge in [0.15, 0.2) is 6.10 Å². The predicted octanol–water partition coefficient (Wildman–Crippen LogP) is 3.21.